The zero-order valence-corrected chi connectivity index (χ0v) is 14.0. The van der Waals surface area contributed by atoms with Gasteiger partial charge in [0.05, 0.1) is 17.3 Å². The highest BCUT2D eigenvalue weighted by Gasteiger charge is 2.52. The van der Waals surface area contributed by atoms with Gasteiger partial charge in [0.15, 0.2) is 0 Å². The van der Waals surface area contributed by atoms with Crippen LogP contribution in [0.25, 0.3) is 0 Å². The van der Waals surface area contributed by atoms with Crippen LogP contribution in [0.2, 0.25) is 0 Å². The number of likely N-dealkylation sites (tertiary alicyclic amines) is 1. The van der Waals surface area contributed by atoms with Gasteiger partial charge in [0.1, 0.15) is 0 Å². The minimum Gasteiger partial charge on any atom is -0.380 e. The smallest absolute Gasteiger partial charge is 0.0788 e. The SMILES string of the molecule is COC1CN(CC2C(N)C(C)(C)OC2(C)C)CCC1C. The zero-order chi connectivity index (χ0) is 15.1. The van der Waals surface area contributed by atoms with Gasteiger partial charge in [-0.05, 0) is 46.6 Å². The molecule has 0 spiro atoms. The van der Waals surface area contributed by atoms with Gasteiger partial charge in [-0.1, -0.05) is 6.92 Å². The maximum Gasteiger partial charge on any atom is 0.0788 e. The lowest BCUT2D eigenvalue weighted by atomic mass is 9.82. The van der Waals surface area contributed by atoms with Gasteiger partial charge in [0, 0.05) is 32.2 Å². The summed E-state index contributed by atoms with van der Waals surface area (Å²) in [6.45, 7) is 14.0. The van der Waals surface area contributed by atoms with Crippen LogP contribution in [0, 0.1) is 11.8 Å². The fraction of sp³-hybridized carbons (Fsp3) is 1.00. The number of nitrogens with zero attached hydrogens (tertiary/aromatic N) is 1. The second-order valence-corrected chi connectivity index (χ2v) is 7.74. The Kier molecular flexibility index (Phi) is 4.51. The third-order valence-electron chi connectivity index (χ3n) is 5.39. The highest BCUT2D eigenvalue weighted by atomic mass is 16.5. The standard InChI is InChI=1S/C16H32N2O2/c1-11-7-8-18(10-13(11)19-6)9-12-14(17)16(4,5)20-15(12,2)3/h11-14H,7-10,17H2,1-6H3. The Bertz CT molecular complexity index is 343. The summed E-state index contributed by atoms with van der Waals surface area (Å²) < 4.78 is 11.8. The molecule has 4 heteroatoms. The number of methoxy groups -OCH3 is 1. The Hall–Kier alpha value is -0.160. The van der Waals surface area contributed by atoms with E-state index in [1.807, 2.05) is 7.11 Å². The molecule has 0 saturated carbocycles. The van der Waals surface area contributed by atoms with E-state index >= 15 is 0 Å². The molecule has 118 valence electrons. The molecule has 2 fully saturated rings. The molecule has 0 aromatic heterocycles. The lowest BCUT2D eigenvalue weighted by molar-refractivity contribution is -0.0812. The molecule has 2 aliphatic heterocycles. The van der Waals surface area contributed by atoms with E-state index < -0.39 is 0 Å². The summed E-state index contributed by atoms with van der Waals surface area (Å²) in [6, 6.07) is 0.0813. The minimum absolute atomic E-state index is 0.0813. The normalized spacial score (nSPS) is 41.0. The summed E-state index contributed by atoms with van der Waals surface area (Å²) in [7, 11) is 1.82. The molecule has 2 heterocycles. The lowest BCUT2D eigenvalue weighted by Gasteiger charge is -2.39. The van der Waals surface area contributed by atoms with Crippen LogP contribution in [0.4, 0.5) is 0 Å². The molecular weight excluding hydrogens is 252 g/mol. The molecule has 4 unspecified atom stereocenters. The second-order valence-electron chi connectivity index (χ2n) is 7.74. The molecule has 0 bridgehead atoms. The maximum absolute atomic E-state index is 6.46. The molecule has 2 aliphatic rings. The topological polar surface area (TPSA) is 47.7 Å². The quantitative estimate of drug-likeness (QED) is 0.859. The monoisotopic (exact) mass is 284 g/mol. The van der Waals surface area contributed by atoms with Crippen molar-refractivity contribution in [1.29, 1.82) is 0 Å². The summed E-state index contributed by atoms with van der Waals surface area (Å²) in [5.74, 6) is 1.01. The molecule has 0 radical (unpaired) electrons. The van der Waals surface area contributed by atoms with Gasteiger partial charge in [0.25, 0.3) is 0 Å². The van der Waals surface area contributed by atoms with Crippen molar-refractivity contribution in [2.24, 2.45) is 17.6 Å². The largest absolute Gasteiger partial charge is 0.380 e. The zero-order valence-electron chi connectivity index (χ0n) is 14.0. The predicted octanol–water partition coefficient (Wildman–Crippen LogP) is 1.87. The first kappa shape index (κ1) is 16.2. The van der Waals surface area contributed by atoms with Gasteiger partial charge in [-0.25, -0.2) is 0 Å². The fourth-order valence-corrected chi connectivity index (χ4v) is 3.92. The predicted molar refractivity (Wildman–Crippen MR) is 81.7 cm³/mol. The third-order valence-corrected chi connectivity index (χ3v) is 5.39. The Morgan fingerprint density at radius 2 is 1.90 bits per heavy atom. The van der Waals surface area contributed by atoms with E-state index in [0.29, 0.717) is 17.9 Å². The summed E-state index contributed by atoms with van der Waals surface area (Å²) in [6.07, 6.45) is 1.55. The van der Waals surface area contributed by atoms with Gasteiger partial charge in [-0.2, -0.15) is 0 Å². The van der Waals surface area contributed by atoms with Crippen molar-refractivity contribution in [1.82, 2.24) is 4.90 Å². The average Bonchev–Trinajstić information content (AvgIpc) is 2.49. The van der Waals surface area contributed by atoms with E-state index in [4.69, 9.17) is 15.2 Å². The first-order chi connectivity index (χ1) is 9.17. The number of ether oxygens (including phenoxy) is 2. The van der Waals surface area contributed by atoms with E-state index in [-0.39, 0.29) is 17.2 Å². The van der Waals surface area contributed by atoms with Crippen molar-refractivity contribution >= 4 is 0 Å². The van der Waals surface area contributed by atoms with E-state index in [2.05, 4.69) is 39.5 Å². The van der Waals surface area contributed by atoms with Crippen molar-refractivity contribution in [3.63, 3.8) is 0 Å². The summed E-state index contributed by atoms with van der Waals surface area (Å²) in [5, 5.41) is 0. The van der Waals surface area contributed by atoms with Crippen molar-refractivity contribution in [3.8, 4) is 0 Å². The lowest BCUT2D eigenvalue weighted by Crippen LogP contribution is -2.52. The number of hydrogen-bond acceptors (Lipinski definition) is 4. The highest BCUT2D eigenvalue weighted by molar-refractivity contribution is 5.05. The van der Waals surface area contributed by atoms with Crippen molar-refractivity contribution < 1.29 is 9.47 Å². The first-order valence-electron chi connectivity index (χ1n) is 7.88. The Morgan fingerprint density at radius 1 is 1.25 bits per heavy atom. The summed E-state index contributed by atoms with van der Waals surface area (Å²) >= 11 is 0. The van der Waals surface area contributed by atoms with Crippen LogP contribution in [0.1, 0.15) is 41.0 Å². The number of nitrogens with two attached hydrogens (primary N) is 1. The molecule has 0 amide bonds. The van der Waals surface area contributed by atoms with Gasteiger partial charge < -0.3 is 20.1 Å². The van der Waals surface area contributed by atoms with Crippen molar-refractivity contribution in [2.45, 2.75) is 64.4 Å². The Labute approximate surface area is 124 Å². The van der Waals surface area contributed by atoms with Gasteiger partial charge in [-0.15, -0.1) is 0 Å². The molecule has 2 rings (SSSR count). The van der Waals surface area contributed by atoms with Crippen LogP contribution in [-0.4, -0.2) is 55.0 Å². The molecular formula is C16H32N2O2. The Balaban J connectivity index is 2.02. The molecule has 0 aliphatic carbocycles. The first-order valence-corrected chi connectivity index (χ1v) is 7.88. The van der Waals surface area contributed by atoms with E-state index in [9.17, 15) is 0 Å². The number of piperidine rings is 1. The summed E-state index contributed by atoms with van der Waals surface area (Å²) in [4.78, 5) is 2.51. The number of rotatable bonds is 3. The van der Waals surface area contributed by atoms with Crippen LogP contribution < -0.4 is 5.73 Å². The molecule has 2 saturated heterocycles. The van der Waals surface area contributed by atoms with Crippen LogP contribution in [0.5, 0.6) is 0 Å². The molecule has 2 N–H and O–H groups in total. The second kappa shape index (κ2) is 5.56. The summed E-state index contributed by atoms with van der Waals surface area (Å²) in [5.41, 5.74) is 6.06. The minimum atomic E-state index is -0.238. The van der Waals surface area contributed by atoms with Crippen LogP contribution >= 0.6 is 0 Å². The van der Waals surface area contributed by atoms with Crippen LogP contribution in [-0.2, 0) is 9.47 Å². The van der Waals surface area contributed by atoms with Gasteiger partial charge in [0.2, 0.25) is 0 Å². The van der Waals surface area contributed by atoms with Gasteiger partial charge in [-0.3, -0.25) is 0 Å². The van der Waals surface area contributed by atoms with E-state index in [1.165, 1.54) is 6.42 Å². The van der Waals surface area contributed by atoms with Crippen molar-refractivity contribution in [2.75, 3.05) is 26.7 Å². The maximum atomic E-state index is 6.46. The molecule has 0 aromatic carbocycles. The molecule has 4 atom stereocenters. The fourth-order valence-electron chi connectivity index (χ4n) is 3.92. The van der Waals surface area contributed by atoms with Crippen molar-refractivity contribution in [3.05, 3.63) is 0 Å². The van der Waals surface area contributed by atoms with Crippen LogP contribution in [0.3, 0.4) is 0 Å². The van der Waals surface area contributed by atoms with E-state index in [1.54, 1.807) is 0 Å². The third kappa shape index (κ3) is 3.03. The van der Waals surface area contributed by atoms with Gasteiger partial charge >= 0.3 is 0 Å². The highest BCUT2D eigenvalue weighted by Crippen LogP contribution is 2.41. The van der Waals surface area contributed by atoms with E-state index in [0.717, 1.165) is 19.6 Å². The molecule has 4 nitrogen and oxygen atoms in total. The Morgan fingerprint density at radius 3 is 2.40 bits per heavy atom. The van der Waals surface area contributed by atoms with Crippen LogP contribution in [0.15, 0.2) is 0 Å². The molecule has 0 aromatic rings. The molecule has 20 heavy (non-hydrogen) atoms. The number of hydrogen-bond donors (Lipinski definition) is 1. The average molecular weight is 284 g/mol.